The molecule has 0 aromatic carbocycles. The Balaban J connectivity index is 3.56. The normalized spacial score (nSPS) is 11.0. The van der Waals surface area contributed by atoms with Crippen molar-refractivity contribution in [2.75, 3.05) is 7.05 Å². The molecule has 0 aromatic rings. The summed E-state index contributed by atoms with van der Waals surface area (Å²) in [5.41, 5.74) is 5.23. The fourth-order valence-corrected chi connectivity index (χ4v) is 0.341. The van der Waals surface area contributed by atoms with E-state index in [0.717, 1.165) is 0 Å². The molecule has 0 aliphatic rings. The van der Waals surface area contributed by atoms with Gasteiger partial charge < -0.3 is 11.1 Å². The number of guanidine groups is 1. The van der Waals surface area contributed by atoms with Crippen molar-refractivity contribution in [3.8, 4) is 0 Å². The van der Waals surface area contributed by atoms with Crippen LogP contribution in [0, 0.1) is 0 Å². The largest absolute Gasteiger partial charge is 0.370 e. The zero-order valence-corrected chi connectivity index (χ0v) is 5.75. The van der Waals surface area contributed by atoms with Crippen LogP contribution in [0.5, 0.6) is 0 Å². The van der Waals surface area contributed by atoms with Gasteiger partial charge in [0.1, 0.15) is 0 Å². The standard InChI is InChI=1S/C4H9N3S/c1-3(8)7-4(5)6-2/h1-2H3,(H3,5,6,7,8). The highest BCUT2D eigenvalue weighted by atomic mass is 32.1. The van der Waals surface area contributed by atoms with Gasteiger partial charge in [-0.1, -0.05) is 12.2 Å². The molecule has 8 heavy (non-hydrogen) atoms. The molecule has 46 valence electrons. The van der Waals surface area contributed by atoms with Crippen molar-refractivity contribution in [3.63, 3.8) is 0 Å². The second kappa shape index (κ2) is 3.37. The number of rotatable bonds is 0. The summed E-state index contributed by atoms with van der Waals surface area (Å²) in [6, 6.07) is 0. The molecule has 4 heteroatoms. The lowest BCUT2D eigenvalue weighted by molar-refractivity contribution is 1.26. The molecule has 0 saturated heterocycles. The summed E-state index contributed by atoms with van der Waals surface area (Å²) in [5.74, 6) is 0.359. The van der Waals surface area contributed by atoms with Crippen molar-refractivity contribution in [1.29, 1.82) is 0 Å². The van der Waals surface area contributed by atoms with Crippen LogP contribution < -0.4 is 11.1 Å². The van der Waals surface area contributed by atoms with Crippen LogP contribution in [0.25, 0.3) is 0 Å². The number of aliphatic imine (C=N–C) groups is 1. The van der Waals surface area contributed by atoms with Gasteiger partial charge in [0.25, 0.3) is 0 Å². The minimum Gasteiger partial charge on any atom is -0.370 e. The van der Waals surface area contributed by atoms with Crippen LogP contribution in [0.2, 0.25) is 0 Å². The minimum atomic E-state index is 0.359. The van der Waals surface area contributed by atoms with Crippen molar-refractivity contribution in [2.45, 2.75) is 6.92 Å². The monoisotopic (exact) mass is 131 g/mol. The number of nitrogens with zero attached hydrogens (tertiary/aromatic N) is 1. The molecule has 0 aliphatic heterocycles. The van der Waals surface area contributed by atoms with Crippen LogP contribution in [0.15, 0.2) is 4.99 Å². The molecule has 0 saturated carbocycles. The van der Waals surface area contributed by atoms with Gasteiger partial charge in [-0.25, -0.2) is 0 Å². The predicted molar refractivity (Wildman–Crippen MR) is 39.0 cm³/mol. The second-order valence-electron chi connectivity index (χ2n) is 1.29. The van der Waals surface area contributed by atoms with Gasteiger partial charge in [-0.3, -0.25) is 4.99 Å². The molecule has 0 unspecified atom stereocenters. The van der Waals surface area contributed by atoms with Gasteiger partial charge in [-0.2, -0.15) is 0 Å². The van der Waals surface area contributed by atoms with E-state index in [-0.39, 0.29) is 0 Å². The molecule has 0 bridgehead atoms. The first kappa shape index (κ1) is 7.36. The SMILES string of the molecule is CN=C(N)NC(C)=S. The lowest BCUT2D eigenvalue weighted by Gasteiger charge is -1.98. The molecule has 0 rings (SSSR count). The van der Waals surface area contributed by atoms with Gasteiger partial charge in [0.15, 0.2) is 5.96 Å². The van der Waals surface area contributed by atoms with E-state index in [9.17, 15) is 0 Å². The summed E-state index contributed by atoms with van der Waals surface area (Å²) in [4.78, 5) is 4.26. The van der Waals surface area contributed by atoms with E-state index in [2.05, 4.69) is 22.5 Å². The molecular weight excluding hydrogens is 122 g/mol. The maximum absolute atomic E-state index is 5.23. The fraction of sp³-hybridized carbons (Fsp3) is 0.500. The van der Waals surface area contributed by atoms with Crippen LogP contribution in [0.1, 0.15) is 6.92 Å². The van der Waals surface area contributed by atoms with Gasteiger partial charge in [0.05, 0.1) is 4.99 Å². The van der Waals surface area contributed by atoms with Crippen molar-refractivity contribution in [3.05, 3.63) is 0 Å². The first-order chi connectivity index (χ1) is 3.66. The molecular formula is C4H9N3S. The number of nitrogens with two attached hydrogens (primary N) is 1. The Morgan fingerprint density at radius 1 is 1.75 bits per heavy atom. The van der Waals surface area contributed by atoms with Crippen LogP contribution in [0.3, 0.4) is 0 Å². The smallest absolute Gasteiger partial charge is 0.193 e. The number of nitrogens with one attached hydrogen (secondary N) is 1. The highest BCUT2D eigenvalue weighted by Crippen LogP contribution is 1.64. The van der Waals surface area contributed by atoms with Crippen LogP contribution in [-0.2, 0) is 0 Å². The van der Waals surface area contributed by atoms with Crippen molar-refractivity contribution in [2.24, 2.45) is 10.7 Å². The van der Waals surface area contributed by atoms with E-state index in [1.54, 1.807) is 14.0 Å². The average Bonchev–Trinajstić information content (AvgIpc) is 1.65. The summed E-state index contributed by atoms with van der Waals surface area (Å²) < 4.78 is 0. The Kier molecular flexibility index (Phi) is 3.10. The first-order valence-electron chi connectivity index (χ1n) is 2.16. The highest BCUT2D eigenvalue weighted by Gasteiger charge is 1.85. The van der Waals surface area contributed by atoms with Crippen molar-refractivity contribution >= 4 is 23.2 Å². The van der Waals surface area contributed by atoms with Gasteiger partial charge in [0.2, 0.25) is 0 Å². The van der Waals surface area contributed by atoms with E-state index in [1.807, 2.05) is 0 Å². The molecule has 0 fully saturated rings. The molecule has 0 atom stereocenters. The van der Waals surface area contributed by atoms with Crippen LogP contribution >= 0.6 is 12.2 Å². The fourth-order valence-electron chi connectivity index (χ4n) is 0.236. The van der Waals surface area contributed by atoms with E-state index < -0.39 is 0 Å². The minimum absolute atomic E-state index is 0.359. The summed E-state index contributed by atoms with van der Waals surface area (Å²) in [6.07, 6.45) is 0. The zero-order chi connectivity index (χ0) is 6.57. The van der Waals surface area contributed by atoms with Gasteiger partial charge >= 0.3 is 0 Å². The molecule has 3 N–H and O–H groups in total. The topological polar surface area (TPSA) is 50.4 Å². The number of hydrogen-bond acceptors (Lipinski definition) is 2. The van der Waals surface area contributed by atoms with Gasteiger partial charge in [-0.05, 0) is 6.92 Å². The summed E-state index contributed by atoms with van der Waals surface area (Å²) in [7, 11) is 1.60. The highest BCUT2D eigenvalue weighted by molar-refractivity contribution is 7.80. The molecule has 0 heterocycles. The zero-order valence-electron chi connectivity index (χ0n) is 4.93. The molecule has 0 amide bonds. The number of thiocarbonyl (C=S) groups is 1. The van der Waals surface area contributed by atoms with Crippen LogP contribution in [-0.4, -0.2) is 18.0 Å². The Hall–Kier alpha value is -0.640. The van der Waals surface area contributed by atoms with E-state index in [4.69, 9.17) is 5.73 Å². The van der Waals surface area contributed by atoms with Gasteiger partial charge in [0, 0.05) is 7.05 Å². The predicted octanol–water partition coefficient (Wildman–Crippen LogP) is -0.132. The molecule has 0 aliphatic carbocycles. The van der Waals surface area contributed by atoms with E-state index >= 15 is 0 Å². The summed E-state index contributed by atoms with van der Waals surface area (Å²) in [6.45, 7) is 1.74. The van der Waals surface area contributed by atoms with Crippen molar-refractivity contribution in [1.82, 2.24) is 5.32 Å². The third kappa shape index (κ3) is 3.55. The molecule has 0 spiro atoms. The number of hydrogen-bond donors (Lipinski definition) is 2. The van der Waals surface area contributed by atoms with Gasteiger partial charge in [-0.15, -0.1) is 0 Å². The molecule has 0 radical (unpaired) electrons. The molecule has 0 aromatic heterocycles. The third-order valence-electron chi connectivity index (χ3n) is 0.545. The Bertz CT molecular complexity index is 118. The lowest BCUT2D eigenvalue weighted by atomic mass is 10.7. The first-order valence-corrected chi connectivity index (χ1v) is 2.57. The Labute approximate surface area is 54.0 Å². The second-order valence-corrected chi connectivity index (χ2v) is 1.90. The lowest BCUT2D eigenvalue weighted by Crippen LogP contribution is -2.33. The maximum Gasteiger partial charge on any atom is 0.193 e. The average molecular weight is 131 g/mol. The summed E-state index contributed by atoms with van der Waals surface area (Å²) in [5, 5.41) is 2.65. The quantitative estimate of drug-likeness (QED) is 0.273. The Morgan fingerprint density at radius 3 is 2.38 bits per heavy atom. The van der Waals surface area contributed by atoms with E-state index in [0.29, 0.717) is 10.9 Å². The third-order valence-corrected chi connectivity index (χ3v) is 0.647. The van der Waals surface area contributed by atoms with E-state index in [1.165, 1.54) is 0 Å². The Morgan fingerprint density at radius 2 is 2.25 bits per heavy atom. The van der Waals surface area contributed by atoms with Crippen molar-refractivity contribution < 1.29 is 0 Å². The van der Waals surface area contributed by atoms with Crippen LogP contribution in [0.4, 0.5) is 0 Å². The summed E-state index contributed by atoms with van der Waals surface area (Å²) >= 11 is 4.67. The maximum atomic E-state index is 5.23. The molecule has 3 nitrogen and oxygen atoms in total.